The fraction of sp³-hybridized carbons (Fsp3) is 0.333. The molecule has 7 nitrogen and oxygen atoms in total. The molecule has 1 unspecified atom stereocenters. The van der Waals surface area contributed by atoms with Crippen molar-refractivity contribution < 1.29 is 19.4 Å². The number of phenolic OH excluding ortho intramolecular Hbond substituents is 1. The maximum Gasteiger partial charge on any atom is 0.251 e. The van der Waals surface area contributed by atoms with Gasteiger partial charge in [0.1, 0.15) is 5.75 Å². The lowest BCUT2D eigenvalue weighted by molar-refractivity contribution is -0.120. The van der Waals surface area contributed by atoms with E-state index in [0.717, 1.165) is 18.7 Å². The second-order valence-corrected chi connectivity index (χ2v) is 7.19. The van der Waals surface area contributed by atoms with Crippen molar-refractivity contribution in [1.29, 1.82) is 0 Å². The van der Waals surface area contributed by atoms with Crippen LogP contribution in [0.15, 0.2) is 48.5 Å². The molecule has 0 saturated carbocycles. The van der Waals surface area contributed by atoms with Crippen molar-refractivity contribution in [2.24, 2.45) is 0 Å². The fourth-order valence-corrected chi connectivity index (χ4v) is 3.41. The van der Waals surface area contributed by atoms with Gasteiger partial charge in [-0.25, -0.2) is 0 Å². The molecule has 1 fully saturated rings. The lowest BCUT2D eigenvalue weighted by atomic mass is 10.0. The van der Waals surface area contributed by atoms with E-state index in [4.69, 9.17) is 16.3 Å². The molecule has 1 heterocycles. The molecule has 2 amide bonds. The molecule has 0 bridgehead atoms. The van der Waals surface area contributed by atoms with Gasteiger partial charge in [0.15, 0.2) is 0 Å². The van der Waals surface area contributed by atoms with Crippen molar-refractivity contribution in [2.45, 2.75) is 6.04 Å². The number of rotatable bonds is 7. The van der Waals surface area contributed by atoms with Gasteiger partial charge in [-0.05, 0) is 42.0 Å². The zero-order valence-electron chi connectivity index (χ0n) is 15.9. The number of benzene rings is 2. The largest absolute Gasteiger partial charge is 0.508 e. The summed E-state index contributed by atoms with van der Waals surface area (Å²) in [6, 6.07) is 13.4. The smallest absolute Gasteiger partial charge is 0.251 e. The molecule has 1 atom stereocenters. The van der Waals surface area contributed by atoms with Crippen molar-refractivity contribution in [3.8, 4) is 5.75 Å². The molecule has 1 aliphatic heterocycles. The van der Waals surface area contributed by atoms with Gasteiger partial charge in [0, 0.05) is 30.2 Å². The predicted molar refractivity (Wildman–Crippen MR) is 110 cm³/mol. The fourth-order valence-electron chi connectivity index (χ4n) is 3.21. The summed E-state index contributed by atoms with van der Waals surface area (Å²) in [5.41, 5.74) is 1.40. The van der Waals surface area contributed by atoms with Crippen LogP contribution >= 0.6 is 11.6 Å². The van der Waals surface area contributed by atoms with Crippen molar-refractivity contribution in [3.63, 3.8) is 0 Å². The summed E-state index contributed by atoms with van der Waals surface area (Å²) in [7, 11) is 0. The molecule has 29 heavy (non-hydrogen) atoms. The lowest BCUT2D eigenvalue weighted by Crippen LogP contribution is -2.45. The Balaban J connectivity index is 1.56. The third-order valence-electron chi connectivity index (χ3n) is 4.75. The zero-order valence-corrected chi connectivity index (χ0v) is 16.7. The summed E-state index contributed by atoms with van der Waals surface area (Å²) < 4.78 is 5.43. The normalized spacial score (nSPS) is 15.5. The van der Waals surface area contributed by atoms with E-state index in [1.165, 1.54) is 24.3 Å². The highest BCUT2D eigenvalue weighted by Crippen LogP contribution is 2.23. The standard InChI is InChI=1S/C21H24ClN3O4/c22-17-3-1-2-16(12-17)19(25-8-10-29-11-9-25)13-23-20(27)14-24-21(28)15-4-6-18(26)7-5-15/h1-7,12,19,26H,8-11,13-14H2,(H,23,27)(H,24,28). The molecule has 154 valence electrons. The molecule has 3 N–H and O–H groups in total. The number of carbonyl (C=O) groups is 2. The van der Waals surface area contributed by atoms with E-state index in [1.54, 1.807) is 0 Å². The summed E-state index contributed by atoms with van der Waals surface area (Å²) in [4.78, 5) is 26.6. The van der Waals surface area contributed by atoms with Crippen LogP contribution in [-0.4, -0.2) is 61.2 Å². The highest BCUT2D eigenvalue weighted by molar-refractivity contribution is 6.30. The molecular weight excluding hydrogens is 394 g/mol. The molecule has 0 aliphatic carbocycles. The lowest BCUT2D eigenvalue weighted by Gasteiger charge is -2.35. The summed E-state index contributed by atoms with van der Waals surface area (Å²) in [6.45, 7) is 3.09. The Hall–Kier alpha value is -2.61. The number of nitrogens with zero attached hydrogens (tertiary/aromatic N) is 1. The minimum absolute atomic E-state index is 0.0330. The van der Waals surface area contributed by atoms with E-state index in [9.17, 15) is 14.7 Å². The number of aromatic hydroxyl groups is 1. The first kappa shape index (κ1) is 21.1. The van der Waals surface area contributed by atoms with E-state index in [-0.39, 0.29) is 30.2 Å². The van der Waals surface area contributed by atoms with Gasteiger partial charge in [0.2, 0.25) is 5.91 Å². The third kappa shape index (κ3) is 6.19. The first-order valence-electron chi connectivity index (χ1n) is 9.44. The van der Waals surface area contributed by atoms with Crippen LogP contribution in [0.3, 0.4) is 0 Å². The molecule has 3 rings (SSSR count). The van der Waals surface area contributed by atoms with Crippen molar-refractivity contribution in [2.75, 3.05) is 39.4 Å². The highest BCUT2D eigenvalue weighted by Gasteiger charge is 2.23. The quantitative estimate of drug-likeness (QED) is 0.640. The number of hydrogen-bond acceptors (Lipinski definition) is 5. The van der Waals surface area contributed by atoms with Gasteiger partial charge in [-0.15, -0.1) is 0 Å². The molecule has 2 aromatic carbocycles. The second kappa shape index (κ2) is 10.2. The van der Waals surface area contributed by atoms with Crippen LogP contribution < -0.4 is 10.6 Å². The van der Waals surface area contributed by atoms with Crippen molar-refractivity contribution in [1.82, 2.24) is 15.5 Å². The second-order valence-electron chi connectivity index (χ2n) is 6.75. The van der Waals surface area contributed by atoms with Crippen LogP contribution in [0.5, 0.6) is 5.75 Å². The molecule has 1 saturated heterocycles. The van der Waals surface area contributed by atoms with E-state index in [2.05, 4.69) is 15.5 Å². The SMILES string of the molecule is O=C(CNC(=O)c1ccc(O)cc1)NCC(c1cccc(Cl)c1)N1CCOCC1. The molecular formula is C21H24ClN3O4. The minimum Gasteiger partial charge on any atom is -0.508 e. The predicted octanol–water partition coefficient (Wildman–Crippen LogP) is 1.97. The molecule has 1 aliphatic rings. The number of morpholine rings is 1. The number of phenols is 1. The van der Waals surface area contributed by atoms with Gasteiger partial charge in [0.25, 0.3) is 5.91 Å². The van der Waals surface area contributed by atoms with Crippen LogP contribution in [-0.2, 0) is 9.53 Å². The summed E-state index contributed by atoms with van der Waals surface area (Å²) >= 11 is 6.15. The third-order valence-corrected chi connectivity index (χ3v) is 4.99. The zero-order chi connectivity index (χ0) is 20.6. The van der Waals surface area contributed by atoms with Gasteiger partial charge in [-0.1, -0.05) is 23.7 Å². The molecule has 0 aromatic heterocycles. The van der Waals surface area contributed by atoms with Crippen LogP contribution in [0.25, 0.3) is 0 Å². The molecule has 2 aromatic rings. The Morgan fingerprint density at radius 1 is 1.10 bits per heavy atom. The van der Waals surface area contributed by atoms with Gasteiger partial charge in [-0.3, -0.25) is 14.5 Å². The summed E-state index contributed by atoms with van der Waals surface area (Å²) in [6.07, 6.45) is 0. The maximum absolute atomic E-state index is 12.3. The Kier molecular flexibility index (Phi) is 7.46. The Morgan fingerprint density at radius 2 is 1.83 bits per heavy atom. The first-order chi connectivity index (χ1) is 14.0. The number of carbonyl (C=O) groups excluding carboxylic acids is 2. The van der Waals surface area contributed by atoms with Crippen LogP contribution in [0.4, 0.5) is 0 Å². The van der Waals surface area contributed by atoms with Gasteiger partial charge in [-0.2, -0.15) is 0 Å². The van der Waals surface area contributed by atoms with Gasteiger partial charge in [0.05, 0.1) is 25.8 Å². The molecule has 0 spiro atoms. The maximum atomic E-state index is 12.3. The number of halogens is 1. The Bertz CT molecular complexity index is 838. The Labute approximate surface area is 174 Å². The van der Waals surface area contributed by atoms with Crippen LogP contribution in [0.2, 0.25) is 5.02 Å². The average Bonchev–Trinajstić information content (AvgIpc) is 2.73. The van der Waals surface area contributed by atoms with Crippen LogP contribution in [0, 0.1) is 0 Å². The number of amides is 2. The number of ether oxygens (including phenoxy) is 1. The number of hydrogen-bond donors (Lipinski definition) is 3. The number of nitrogens with one attached hydrogen (secondary N) is 2. The molecule has 8 heteroatoms. The topological polar surface area (TPSA) is 90.9 Å². The van der Waals surface area contributed by atoms with E-state index in [1.807, 2.05) is 24.3 Å². The minimum atomic E-state index is -0.375. The van der Waals surface area contributed by atoms with Crippen molar-refractivity contribution in [3.05, 3.63) is 64.7 Å². The summed E-state index contributed by atoms with van der Waals surface area (Å²) in [5, 5.41) is 15.4. The van der Waals surface area contributed by atoms with E-state index in [0.29, 0.717) is 30.3 Å². The Morgan fingerprint density at radius 3 is 2.52 bits per heavy atom. The monoisotopic (exact) mass is 417 g/mol. The van der Waals surface area contributed by atoms with Crippen LogP contribution in [0.1, 0.15) is 22.0 Å². The first-order valence-corrected chi connectivity index (χ1v) is 9.82. The van der Waals surface area contributed by atoms with E-state index >= 15 is 0 Å². The summed E-state index contributed by atoms with van der Waals surface area (Å²) in [5.74, 6) is -0.577. The molecule has 0 radical (unpaired) electrons. The van der Waals surface area contributed by atoms with Gasteiger partial charge < -0.3 is 20.5 Å². The average molecular weight is 418 g/mol. The van der Waals surface area contributed by atoms with E-state index < -0.39 is 0 Å². The van der Waals surface area contributed by atoms with Gasteiger partial charge >= 0.3 is 0 Å². The van der Waals surface area contributed by atoms with Crippen molar-refractivity contribution >= 4 is 23.4 Å². The highest BCUT2D eigenvalue weighted by atomic mass is 35.5.